The fourth-order valence-corrected chi connectivity index (χ4v) is 4.91. The van der Waals surface area contributed by atoms with Crippen LogP contribution >= 0.6 is 23.7 Å². The first-order valence-corrected chi connectivity index (χ1v) is 9.31. The summed E-state index contributed by atoms with van der Waals surface area (Å²) in [6.45, 7) is 5.98. The van der Waals surface area contributed by atoms with Crippen molar-refractivity contribution in [3.05, 3.63) is 71.8 Å². The Kier molecular flexibility index (Phi) is 4.49. The molecule has 3 rings (SSSR count). The minimum absolute atomic E-state index is 0.185. The smallest absolute Gasteiger partial charge is 0.271 e. The molecule has 1 fully saturated rings. The fourth-order valence-electron chi connectivity index (χ4n) is 2.67. The van der Waals surface area contributed by atoms with Gasteiger partial charge in [-0.1, -0.05) is 60.7 Å². The molecule has 2 amide bonds. The van der Waals surface area contributed by atoms with Crippen LogP contribution in [-0.4, -0.2) is 20.2 Å². The molecule has 5 heteroatoms. The van der Waals surface area contributed by atoms with Gasteiger partial charge in [0, 0.05) is 4.75 Å². The number of amides is 2. The zero-order chi connectivity index (χ0) is 17.4. The summed E-state index contributed by atoms with van der Waals surface area (Å²) >= 11 is 2.38. The molecule has 0 bridgehead atoms. The molecule has 0 saturated carbocycles. The number of rotatable bonds is 3. The number of benzene rings is 2. The Hall–Kier alpha value is -1.72. The van der Waals surface area contributed by atoms with Crippen LogP contribution in [0.3, 0.4) is 0 Å². The molecule has 0 atom stereocenters. The molecule has 1 saturated heterocycles. The molecule has 0 N–H and O–H groups in total. The van der Waals surface area contributed by atoms with E-state index in [1.54, 1.807) is 0 Å². The second-order valence-electron chi connectivity index (χ2n) is 6.58. The lowest BCUT2D eigenvalue weighted by Gasteiger charge is -2.28. The highest BCUT2D eigenvalue weighted by Gasteiger charge is 2.56. The van der Waals surface area contributed by atoms with Crippen molar-refractivity contribution in [1.29, 1.82) is 0 Å². The lowest BCUT2D eigenvalue weighted by atomic mass is 9.89. The first kappa shape index (κ1) is 17.1. The van der Waals surface area contributed by atoms with E-state index in [4.69, 9.17) is 0 Å². The maximum absolute atomic E-state index is 13.4. The molecule has 0 unspecified atom stereocenters. The minimum atomic E-state index is -1.02. The lowest BCUT2D eigenvalue weighted by Crippen LogP contribution is -2.37. The predicted molar refractivity (Wildman–Crippen MR) is 101 cm³/mol. The maximum atomic E-state index is 13.4. The third kappa shape index (κ3) is 2.98. The first-order chi connectivity index (χ1) is 11.3. The number of imide groups is 1. The third-order valence-corrected chi connectivity index (χ3v) is 6.10. The van der Waals surface area contributed by atoms with E-state index < -0.39 is 4.75 Å². The van der Waals surface area contributed by atoms with Gasteiger partial charge >= 0.3 is 0 Å². The topological polar surface area (TPSA) is 37.4 Å². The SMILES string of the molecule is CC(C)(C)SN1C(=O)SC(c2ccccc2)(c2ccccc2)C1=O. The van der Waals surface area contributed by atoms with Crippen LogP contribution in [0.4, 0.5) is 4.79 Å². The highest BCUT2D eigenvalue weighted by molar-refractivity contribution is 8.17. The van der Waals surface area contributed by atoms with Crippen molar-refractivity contribution in [1.82, 2.24) is 4.31 Å². The Labute approximate surface area is 151 Å². The van der Waals surface area contributed by atoms with E-state index in [9.17, 15) is 9.59 Å². The van der Waals surface area contributed by atoms with Crippen LogP contribution in [0.25, 0.3) is 0 Å². The van der Waals surface area contributed by atoms with Crippen LogP contribution in [0.1, 0.15) is 31.9 Å². The van der Waals surface area contributed by atoms with Crippen LogP contribution in [0, 0.1) is 0 Å². The van der Waals surface area contributed by atoms with Gasteiger partial charge in [0.25, 0.3) is 11.1 Å². The summed E-state index contributed by atoms with van der Waals surface area (Å²) in [6, 6.07) is 19.1. The lowest BCUT2D eigenvalue weighted by molar-refractivity contribution is -0.125. The third-order valence-electron chi connectivity index (χ3n) is 3.62. The Balaban J connectivity index is 2.14. The summed E-state index contributed by atoms with van der Waals surface area (Å²) in [4.78, 5) is 26.1. The first-order valence-electron chi connectivity index (χ1n) is 7.72. The quantitative estimate of drug-likeness (QED) is 0.719. The molecular weight excluding hydrogens is 338 g/mol. The van der Waals surface area contributed by atoms with E-state index in [2.05, 4.69) is 0 Å². The zero-order valence-electron chi connectivity index (χ0n) is 13.9. The number of hydrogen-bond donors (Lipinski definition) is 0. The van der Waals surface area contributed by atoms with E-state index in [1.165, 1.54) is 16.3 Å². The number of carbonyl (C=O) groups is 2. The zero-order valence-corrected chi connectivity index (χ0v) is 15.5. The molecule has 0 aliphatic carbocycles. The van der Waals surface area contributed by atoms with E-state index in [0.717, 1.165) is 22.9 Å². The summed E-state index contributed by atoms with van der Waals surface area (Å²) in [5.74, 6) is -0.185. The van der Waals surface area contributed by atoms with Crippen LogP contribution < -0.4 is 0 Å². The maximum Gasteiger partial charge on any atom is 0.300 e. The molecule has 24 heavy (non-hydrogen) atoms. The van der Waals surface area contributed by atoms with Gasteiger partial charge in [0.15, 0.2) is 4.75 Å². The van der Waals surface area contributed by atoms with Crippen molar-refractivity contribution in [2.45, 2.75) is 30.3 Å². The summed E-state index contributed by atoms with van der Waals surface area (Å²) < 4.78 is 0.0812. The van der Waals surface area contributed by atoms with Crippen LogP contribution in [-0.2, 0) is 9.54 Å². The second-order valence-corrected chi connectivity index (χ2v) is 9.52. The number of carbonyl (C=O) groups excluding carboxylic acids is 2. The molecule has 1 heterocycles. The highest BCUT2D eigenvalue weighted by Crippen LogP contribution is 2.53. The highest BCUT2D eigenvalue weighted by atomic mass is 32.2. The van der Waals surface area contributed by atoms with Gasteiger partial charge in [-0.15, -0.1) is 0 Å². The Morgan fingerprint density at radius 1 is 0.875 bits per heavy atom. The number of nitrogens with zero attached hydrogens (tertiary/aromatic N) is 1. The van der Waals surface area contributed by atoms with Crippen LogP contribution in [0.5, 0.6) is 0 Å². The Bertz CT molecular complexity index is 714. The normalized spacial score (nSPS) is 17.4. The summed E-state index contributed by atoms with van der Waals surface area (Å²) in [5.41, 5.74) is 1.66. The number of hydrogen-bond acceptors (Lipinski definition) is 4. The molecule has 0 radical (unpaired) electrons. The predicted octanol–water partition coefficient (Wildman–Crippen LogP) is 5.07. The van der Waals surface area contributed by atoms with Crippen molar-refractivity contribution in [3.63, 3.8) is 0 Å². The van der Waals surface area contributed by atoms with Gasteiger partial charge in [-0.2, -0.15) is 0 Å². The molecule has 2 aromatic carbocycles. The standard InChI is InChI=1S/C19H19NO2S2/c1-18(2,3)24-20-16(21)19(23-17(20)22,14-10-6-4-7-11-14)15-12-8-5-9-13-15/h4-13H,1-3H3. The molecular formula is C19H19NO2S2. The largest absolute Gasteiger partial charge is 0.300 e. The van der Waals surface area contributed by atoms with Crippen molar-refractivity contribution in [2.75, 3.05) is 0 Å². The Morgan fingerprint density at radius 2 is 1.33 bits per heavy atom. The summed E-state index contributed by atoms with van der Waals surface area (Å²) in [6.07, 6.45) is 0. The van der Waals surface area contributed by atoms with E-state index >= 15 is 0 Å². The van der Waals surface area contributed by atoms with Crippen molar-refractivity contribution >= 4 is 34.9 Å². The van der Waals surface area contributed by atoms with Gasteiger partial charge in [0.2, 0.25) is 0 Å². The van der Waals surface area contributed by atoms with Crippen molar-refractivity contribution in [3.8, 4) is 0 Å². The molecule has 0 spiro atoms. The number of thioether (sulfide) groups is 1. The van der Waals surface area contributed by atoms with Gasteiger partial charge in [-0.05, 0) is 55.6 Å². The molecule has 0 aromatic heterocycles. The molecule has 1 aliphatic rings. The Morgan fingerprint density at radius 3 is 1.75 bits per heavy atom. The molecule has 1 aliphatic heterocycles. The van der Waals surface area contributed by atoms with E-state index in [1.807, 2.05) is 81.4 Å². The average Bonchev–Trinajstić information content (AvgIpc) is 2.81. The van der Waals surface area contributed by atoms with Gasteiger partial charge in [0.05, 0.1) is 0 Å². The van der Waals surface area contributed by atoms with Gasteiger partial charge < -0.3 is 0 Å². The monoisotopic (exact) mass is 357 g/mol. The average molecular weight is 358 g/mol. The van der Waals surface area contributed by atoms with E-state index in [-0.39, 0.29) is 15.9 Å². The van der Waals surface area contributed by atoms with E-state index in [0.29, 0.717) is 0 Å². The molecule has 3 nitrogen and oxygen atoms in total. The second kappa shape index (κ2) is 6.30. The van der Waals surface area contributed by atoms with Crippen molar-refractivity contribution < 1.29 is 9.59 Å². The van der Waals surface area contributed by atoms with Crippen LogP contribution in [0.15, 0.2) is 60.7 Å². The van der Waals surface area contributed by atoms with Gasteiger partial charge in [-0.3, -0.25) is 9.59 Å². The van der Waals surface area contributed by atoms with Gasteiger partial charge in [-0.25, -0.2) is 4.31 Å². The summed E-state index contributed by atoms with van der Waals surface area (Å²) in [5, 5.41) is -0.215. The minimum Gasteiger partial charge on any atom is -0.271 e. The molecule has 124 valence electrons. The van der Waals surface area contributed by atoms with Crippen LogP contribution in [0.2, 0.25) is 0 Å². The van der Waals surface area contributed by atoms with Crippen molar-refractivity contribution in [2.24, 2.45) is 0 Å². The summed E-state index contributed by atoms with van der Waals surface area (Å²) in [7, 11) is 0. The fraction of sp³-hybridized carbons (Fsp3) is 0.263. The molecule has 2 aromatic rings. The van der Waals surface area contributed by atoms with Gasteiger partial charge in [0.1, 0.15) is 0 Å².